The van der Waals surface area contributed by atoms with Gasteiger partial charge in [0.05, 0.1) is 13.5 Å². The largest absolute Gasteiger partial charge is 0.469 e. The van der Waals surface area contributed by atoms with Crippen molar-refractivity contribution in [2.75, 3.05) is 20.2 Å². The maximum absolute atomic E-state index is 11.8. The summed E-state index contributed by atoms with van der Waals surface area (Å²) in [7, 11) is 1.30. The molecule has 0 bridgehead atoms. The molecule has 1 aromatic heterocycles. The molecule has 9 heteroatoms. The van der Waals surface area contributed by atoms with Gasteiger partial charge in [0.2, 0.25) is 5.91 Å². The van der Waals surface area contributed by atoms with Crippen LogP contribution in [0.4, 0.5) is 0 Å². The highest BCUT2D eigenvalue weighted by Crippen LogP contribution is 2.21. The lowest BCUT2D eigenvalue weighted by Gasteiger charge is -2.33. The Morgan fingerprint density at radius 2 is 2.47 bits per heavy atom. The summed E-state index contributed by atoms with van der Waals surface area (Å²) in [6, 6.07) is -0.557. The van der Waals surface area contributed by atoms with Gasteiger partial charge in [-0.3, -0.25) is 14.5 Å². The van der Waals surface area contributed by atoms with Crippen LogP contribution in [0.2, 0.25) is 4.34 Å². The first kappa shape index (κ1) is 14.2. The number of methoxy groups -OCH3 is 1. The molecule has 1 saturated heterocycles. The summed E-state index contributed by atoms with van der Waals surface area (Å²) >= 11 is 7.05. The average molecular weight is 305 g/mol. The third-order valence-electron chi connectivity index (χ3n) is 2.89. The Hall–Kier alpha value is -1.25. The maximum atomic E-state index is 11.8. The summed E-state index contributed by atoms with van der Waals surface area (Å²) in [6.45, 7) is 1.55. The smallest absolute Gasteiger partial charge is 0.307 e. The molecular formula is C10H13ClN4O3S. The number of carbonyl (C=O) groups is 2. The number of aromatic nitrogens is 2. The van der Waals surface area contributed by atoms with E-state index in [1.54, 1.807) is 0 Å². The number of nitrogens with zero attached hydrogens (tertiary/aromatic N) is 3. The molecule has 1 fully saturated rings. The normalized spacial score (nSPS) is 20.1. The molecule has 2 rings (SSSR count). The van der Waals surface area contributed by atoms with E-state index in [1.165, 1.54) is 7.11 Å². The fourth-order valence-corrected chi connectivity index (χ4v) is 2.51. The van der Waals surface area contributed by atoms with Crippen LogP contribution < -0.4 is 5.32 Å². The van der Waals surface area contributed by atoms with Gasteiger partial charge in [0.15, 0.2) is 0 Å². The van der Waals surface area contributed by atoms with E-state index in [4.69, 9.17) is 11.6 Å². The monoisotopic (exact) mass is 304 g/mol. The van der Waals surface area contributed by atoms with Gasteiger partial charge < -0.3 is 10.1 Å². The Bertz CT molecular complexity index is 481. The second-order valence-corrected chi connectivity index (χ2v) is 5.41. The predicted octanol–water partition coefficient (Wildman–Crippen LogP) is 0.0550. The standard InChI is InChI=1S/C10H13ClN4O3S/c1-18-8(16)4-7-10(17)12-2-3-15(7)5-6-9(11)19-14-13-6/h7H,2-5H2,1H3,(H,12,17). The van der Waals surface area contributed by atoms with E-state index >= 15 is 0 Å². The Kier molecular flexibility index (Phi) is 4.67. The third-order valence-corrected chi connectivity index (χ3v) is 3.88. The van der Waals surface area contributed by atoms with Crippen LogP contribution in [0, 0.1) is 0 Å². The van der Waals surface area contributed by atoms with Gasteiger partial charge in [-0.15, -0.1) is 5.10 Å². The molecule has 1 aliphatic rings. The van der Waals surface area contributed by atoms with Crippen LogP contribution in [-0.4, -0.2) is 52.6 Å². The Morgan fingerprint density at radius 3 is 3.11 bits per heavy atom. The summed E-state index contributed by atoms with van der Waals surface area (Å²) in [4.78, 5) is 25.1. The minimum Gasteiger partial charge on any atom is -0.469 e. The highest BCUT2D eigenvalue weighted by Gasteiger charge is 2.32. The highest BCUT2D eigenvalue weighted by molar-refractivity contribution is 7.10. The molecule has 19 heavy (non-hydrogen) atoms. The number of hydrogen-bond donors (Lipinski definition) is 1. The number of rotatable bonds is 4. The van der Waals surface area contributed by atoms with Crippen LogP contribution in [0.3, 0.4) is 0 Å². The van der Waals surface area contributed by atoms with Crippen molar-refractivity contribution in [3.63, 3.8) is 0 Å². The first-order valence-electron chi connectivity index (χ1n) is 5.67. The second-order valence-electron chi connectivity index (χ2n) is 4.05. The molecule has 0 aromatic carbocycles. The van der Waals surface area contributed by atoms with Crippen LogP contribution in [0.15, 0.2) is 0 Å². The molecule has 1 N–H and O–H groups in total. The lowest BCUT2D eigenvalue weighted by molar-refractivity contribution is -0.146. The zero-order valence-corrected chi connectivity index (χ0v) is 11.8. The van der Waals surface area contributed by atoms with Gasteiger partial charge in [0.1, 0.15) is 16.1 Å². The molecule has 1 atom stereocenters. The Morgan fingerprint density at radius 1 is 1.68 bits per heavy atom. The van der Waals surface area contributed by atoms with Crippen molar-refractivity contribution in [3.8, 4) is 0 Å². The summed E-state index contributed by atoms with van der Waals surface area (Å²) in [6.07, 6.45) is 0.0114. The number of halogens is 1. The van der Waals surface area contributed by atoms with Crippen molar-refractivity contribution in [2.24, 2.45) is 0 Å². The summed E-state index contributed by atoms with van der Waals surface area (Å²) in [5.74, 6) is -0.606. The molecule has 1 unspecified atom stereocenters. The number of piperazine rings is 1. The zero-order valence-electron chi connectivity index (χ0n) is 10.3. The number of ether oxygens (including phenoxy) is 1. The molecule has 1 aliphatic heterocycles. The van der Waals surface area contributed by atoms with Gasteiger partial charge in [-0.2, -0.15) is 0 Å². The molecule has 1 amide bonds. The SMILES string of the molecule is COC(=O)CC1C(=O)NCCN1Cc1nnsc1Cl. The fourth-order valence-electron chi connectivity index (χ4n) is 1.90. The minimum absolute atomic E-state index is 0.0114. The summed E-state index contributed by atoms with van der Waals surface area (Å²) < 4.78 is 8.86. The Labute approximate surface area is 119 Å². The second kappa shape index (κ2) is 6.27. The lowest BCUT2D eigenvalue weighted by Crippen LogP contribution is -2.55. The minimum atomic E-state index is -0.557. The molecule has 0 saturated carbocycles. The Balaban J connectivity index is 2.09. The molecule has 2 heterocycles. The number of esters is 1. The predicted molar refractivity (Wildman–Crippen MR) is 68.8 cm³/mol. The highest BCUT2D eigenvalue weighted by atomic mass is 35.5. The summed E-state index contributed by atoms with van der Waals surface area (Å²) in [5.41, 5.74) is 0.622. The van der Waals surface area contributed by atoms with Gasteiger partial charge in [0.25, 0.3) is 0 Å². The van der Waals surface area contributed by atoms with Gasteiger partial charge in [-0.1, -0.05) is 16.1 Å². The van der Waals surface area contributed by atoms with E-state index in [2.05, 4.69) is 19.6 Å². The first-order chi connectivity index (χ1) is 9.11. The van der Waals surface area contributed by atoms with Crippen molar-refractivity contribution in [2.45, 2.75) is 19.0 Å². The van der Waals surface area contributed by atoms with E-state index < -0.39 is 12.0 Å². The average Bonchev–Trinajstić information content (AvgIpc) is 2.79. The van der Waals surface area contributed by atoms with E-state index in [1.807, 2.05) is 4.90 Å². The molecule has 0 aliphatic carbocycles. The van der Waals surface area contributed by atoms with Gasteiger partial charge in [0, 0.05) is 31.2 Å². The van der Waals surface area contributed by atoms with E-state index in [0.29, 0.717) is 29.7 Å². The molecular weight excluding hydrogens is 292 g/mol. The number of nitrogens with one attached hydrogen (secondary N) is 1. The quantitative estimate of drug-likeness (QED) is 0.792. The number of carbonyl (C=O) groups excluding carboxylic acids is 2. The third kappa shape index (κ3) is 3.40. The van der Waals surface area contributed by atoms with Crippen LogP contribution in [0.1, 0.15) is 12.1 Å². The fraction of sp³-hybridized carbons (Fsp3) is 0.600. The lowest BCUT2D eigenvalue weighted by atomic mass is 10.1. The zero-order chi connectivity index (χ0) is 13.8. The van der Waals surface area contributed by atoms with E-state index in [9.17, 15) is 9.59 Å². The molecule has 0 spiro atoms. The van der Waals surface area contributed by atoms with Crippen molar-refractivity contribution in [1.82, 2.24) is 19.8 Å². The van der Waals surface area contributed by atoms with Crippen molar-refractivity contribution >= 4 is 35.0 Å². The van der Waals surface area contributed by atoms with Crippen LogP contribution in [-0.2, 0) is 20.9 Å². The molecule has 0 radical (unpaired) electrons. The van der Waals surface area contributed by atoms with Crippen LogP contribution in [0.5, 0.6) is 0 Å². The molecule has 7 nitrogen and oxygen atoms in total. The maximum Gasteiger partial charge on any atom is 0.307 e. The number of hydrogen-bond acceptors (Lipinski definition) is 7. The topological polar surface area (TPSA) is 84.4 Å². The molecule has 104 valence electrons. The van der Waals surface area contributed by atoms with Crippen molar-refractivity contribution in [1.29, 1.82) is 0 Å². The number of amides is 1. The van der Waals surface area contributed by atoms with Gasteiger partial charge >= 0.3 is 5.97 Å². The van der Waals surface area contributed by atoms with E-state index in [-0.39, 0.29) is 12.3 Å². The van der Waals surface area contributed by atoms with Gasteiger partial charge in [-0.25, -0.2) is 0 Å². The van der Waals surface area contributed by atoms with Crippen molar-refractivity contribution in [3.05, 3.63) is 10.0 Å². The van der Waals surface area contributed by atoms with Crippen LogP contribution >= 0.6 is 23.1 Å². The van der Waals surface area contributed by atoms with E-state index in [0.717, 1.165) is 11.5 Å². The summed E-state index contributed by atoms with van der Waals surface area (Å²) in [5, 5.41) is 6.65. The first-order valence-corrected chi connectivity index (χ1v) is 6.82. The van der Waals surface area contributed by atoms with Crippen LogP contribution in [0.25, 0.3) is 0 Å². The van der Waals surface area contributed by atoms with Gasteiger partial charge in [-0.05, 0) is 0 Å². The van der Waals surface area contributed by atoms with Crippen molar-refractivity contribution < 1.29 is 14.3 Å². The molecule has 1 aromatic rings.